The molecule has 0 saturated carbocycles. The highest BCUT2D eigenvalue weighted by atomic mass is 35.5. The Morgan fingerprint density at radius 2 is 1.74 bits per heavy atom. The van der Waals surface area contributed by atoms with Gasteiger partial charge in [-0.1, -0.05) is 46.6 Å². The quantitative estimate of drug-likeness (QED) is 0.0944. The van der Waals surface area contributed by atoms with Crippen molar-refractivity contribution in [3.05, 3.63) is 75.7 Å². The fourth-order valence-electron chi connectivity index (χ4n) is 7.08. The third-order valence-corrected chi connectivity index (χ3v) is 11.2. The molecule has 1 atom stereocenters. The van der Waals surface area contributed by atoms with E-state index < -0.39 is 29.7 Å². The second-order valence-corrected chi connectivity index (χ2v) is 15.0. The van der Waals surface area contributed by atoms with Crippen molar-refractivity contribution in [2.24, 2.45) is 0 Å². The van der Waals surface area contributed by atoms with Crippen LogP contribution < -0.4 is 26.6 Å². The Bertz CT molecular complexity index is 2160. The number of amides is 4. The van der Waals surface area contributed by atoms with E-state index in [1.54, 1.807) is 41.2 Å². The minimum Gasteiger partial charge on any atom is -0.382 e. The standard InChI is InChI=1S/C38H43Cl2N11O6/c1-38(10-13-49(14-11-38)29-21-43-33(34(41)45-29)25-5-2-6-26(39)32(25)40)44-20-23-22-50(48-47-23)15-17-57-19-18-56-16-12-42-27-7-3-4-24-31(27)37(55)51(36(24)54)28-8-9-30(52)46-35(28)53/h2-7,21-22,28,42,44H,8-20H2,1H3,(H2,41,45)(H,46,52,53). The van der Waals surface area contributed by atoms with Crippen LogP contribution in [0.25, 0.3) is 11.3 Å². The number of imide groups is 2. The number of piperidine rings is 2. The molecule has 57 heavy (non-hydrogen) atoms. The second-order valence-electron chi connectivity index (χ2n) is 14.3. The van der Waals surface area contributed by atoms with E-state index >= 15 is 0 Å². The molecule has 7 rings (SSSR count). The van der Waals surface area contributed by atoms with Crippen LogP contribution in [-0.2, 0) is 32.2 Å². The first-order valence-corrected chi connectivity index (χ1v) is 19.5. The van der Waals surface area contributed by atoms with Gasteiger partial charge in [0.2, 0.25) is 11.8 Å². The fraction of sp³-hybridized carbons (Fsp3) is 0.421. The van der Waals surface area contributed by atoms with Gasteiger partial charge in [0, 0.05) is 55.6 Å². The third-order valence-electron chi connectivity index (χ3n) is 10.3. The molecule has 0 spiro atoms. The number of hydrogen-bond donors (Lipinski definition) is 4. The summed E-state index contributed by atoms with van der Waals surface area (Å²) >= 11 is 12.6. The number of ether oxygens (including phenoxy) is 2. The number of anilines is 3. The van der Waals surface area contributed by atoms with E-state index in [2.05, 4.69) is 48.1 Å². The topological polar surface area (TPSA) is 212 Å². The molecule has 0 radical (unpaired) electrons. The fourth-order valence-corrected chi connectivity index (χ4v) is 7.47. The SMILES string of the molecule is CC1(NCc2cn(CCOCCOCCNc3cccc4c3C(=O)N(C3CCC(=O)NC3=O)C4=O)nn2)CCN(c2cnc(-c3cccc(Cl)c3Cl)c(N)n2)CC1. The zero-order valence-electron chi connectivity index (χ0n) is 31.3. The number of carbonyl (C=O) groups is 4. The molecule has 5 heterocycles. The van der Waals surface area contributed by atoms with Gasteiger partial charge in [-0.25, -0.2) is 14.6 Å². The average Bonchev–Trinajstić information content (AvgIpc) is 3.76. The number of fused-ring (bicyclic) bond motifs is 1. The first-order chi connectivity index (χ1) is 27.5. The van der Waals surface area contributed by atoms with Crippen LogP contribution in [0.2, 0.25) is 10.0 Å². The average molecular weight is 821 g/mol. The summed E-state index contributed by atoms with van der Waals surface area (Å²) in [4.78, 5) is 62.5. The number of nitrogens with one attached hydrogen (secondary N) is 3. The van der Waals surface area contributed by atoms with Crippen LogP contribution in [-0.4, -0.2) is 111 Å². The molecule has 300 valence electrons. The van der Waals surface area contributed by atoms with Gasteiger partial charge < -0.3 is 30.7 Å². The number of carbonyl (C=O) groups excluding carboxylic acids is 4. The van der Waals surface area contributed by atoms with Gasteiger partial charge in [0.25, 0.3) is 11.8 Å². The van der Waals surface area contributed by atoms with Crippen LogP contribution in [0, 0.1) is 0 Å². The van der Waals surface area contributed by atoms with Crippen molar-refractivity contribution in [3.63, 3.8) is 0 Å². The number of benzene rings is 2. The molecule has 2 saturated heterocycles. The van der Waals surface area contributed by atoms with E-state index in [0.717, 1.165) is 42.3 Å². The number of rotatable bonds is 16. The first kappa shape index (κ1) is 40.0. The Morgan fingerprint density at radius 3 is 2.51 bits per heavy atom. The molecule has 0 bridgehead atoms. The highest BCUT2D eigenvalue weighted by Gasteiger charge is 2.45. The Hall–Kier alpha value is -5.20. The maximum Gasteiger partial charge on any atom is 0.264 e. The van der Waals surface area contributed by atoms with Crippen molar-refractivity contribution >= 4 is 64.2 Å². The second kappa shape index (κ2) is 17.5. The van der Waals surface area contributed by atoms with Gasteiger partial charge in [0.15, 0.2) is 5.82 Å². The van der Waals surface area contributed by atoms with Crippen LogP contribution in [0.3, 0.4) is 0 Å². The summed E-state index contributed by atoms with van der Waals surface area (Å²) in [6.07, 6.45) is 5.57. The molecule has 1 unspecified atom stereocenters. The molecule has 4 aromatic rings. The number of nitrogens with two attached hydrogens (primary N) is 1. The van der Waals surface area contributed by atoms with Crippen molar-refractivity contribution in [3.8, 4) is 11.3 Å². The lowest BCUT2D eigenvalue weighted by molar-refractivity contribution is -0.136. The maximum absolute atomic E-state index is 13.2. The van der Waals surface area contributed by atoms with E-state index in [4.69, 9.17) is 38.4 Å². The Balaban J connectivity index is 0.772. The lowest BCUT2D eigenvalue weighted by Gasteiger charge is -2.40. The van der Waals surface area contributed by atoms with E-state index in [9.17, 15) is 19.2 Å². The number of nitrogens with zero attached hydrogens (tertiary/aromatic N) is 7. The Labute approximate surface area is 338 Å². The van der Waals surface area contributed by atoms with Gasteiger partial charge in [-0.2, -0.15) is 0 Å². The number of hydrogen-bond acceptors (Lipinski definition) is 14. The van der Waals surface area contributed by atoms with Crippen LogP contribution in [0.4, 0.5) is 17.3 Å². The maximum atomic E-state index is 13.2. The molecule has 19 heteroatoms. The molecule has 17 nitrogen and oxygen atoms in total. The highest BCUT2D eigenvalue weighted by molar-refractivity contribution is 6.43. The van der Waals surface area contributed by atoms with Crippen molar-refractivity contribution < 1.29 is 28.7 Å². The van der Waals surface area contributed by atoms with Gasteiger partial charge >= 0.3 is 0 Å². The van der Waals surface area contributed by atoms with Crippen molar-refractivity contribution in [2.45, 2.75) is 57.3 Å². The Kier molecular flexibility index (Phi) is 12.3. The first-order valence-electron chi connectivity index (χ1n) is 18.7. The van der Waals surface area contributed by atoms with Crippen molar-refractivity contribution in [1.82, 2.24) is 40.5 Å². The van der Waals surface area contributed by atoms with Crippen molar-refractivity contribution in [2.75, 3.05) is 62.0 Å². The number of halogens is 2. The third kappa shape index (κ3) is 9.02. The lowest BCUT2D eigenvalue weighted by Crippen LogP contribution is -2.54. The van der Waals surface area contributed by atoms with Crippen LogP contribution >= 0.6 is 23.2 Å². The van der Waals surface area contributed by atoms with Gasteiger partial charge in [-0.3, -0.25) is 29.4 Å². The van der Waals surface area contributed by atoms with Gasteiger partial charge in [-0.05, 0) is 44.4 Å². The van der Waals surface area contributed by atoms with E-state index in [1.165, 1.54) is 0 Å². The highest BCUT2D eigenvalue weighted by Crippen LogP contribution is 2.36. The van der Waals surface area contributed by atoms with Gasteiger partial charge in [0.1, 0.15) is 17.6 Å². The van der Waals surface area contributed by atoms with Crippen molar-refractivity contribution in [1.29, 1.82) is 0 Å². The molecule has 2 fully saturated rings. The minimum absolute atomic E-state index is 0.0620. The summed E-state index contributed by atoms with van der Waals surface area (Å²) in [5.74, 6) is -1.16. The van der Waals surface area contributed by atoms with E-state index in [-0.39, 0.29) is 29.5 Å². The van der Waals surface area contributed by atoms with E-state index in [1.807, 2.05) is 12.3 Å². The molecule has 4 amide bonds. The molecule has 2 aromatic heterocycles. The summed E-state index contributed by atoms with van der Waals surface area (Å²) in [5.41, 5.74) is 9.09. The summed E-state index contributed by atoms with van der Waals surface area (Å²) in [7, 11) is 0. The molecular formula is C38H43Cl2N11O6. The Morgan fingerprint density at radius 1 is 0.982 bits per heavy atom. The molecule has 3 aliphatic rings. The molecule has 0 aliphatic carbocycles. The summed E-state index contributed by atoms with van der Waals surface area (Å²) in [6, 6.07) is 9.24. The predicted octanol–water partition coefficient (Wildman–Crippen LogP) is 3.32. The molecule has 3 aliphatic heterocycles. The van der Waals surface area contributed by atoms with Crippen LogP contribution in [0.1, 0.15) is 59.0 Å². The van der Waals surface area contributed by atoms with Crippen LogP contribution in [0.5, 0.6) is 0 Å². The smallest absolute Gasteiger partial charge is 0.264 e. The van der Waals surface area contributed by atoms with Crippen LogP contribution in [0.15, 0.2) is 48.8 Å². The monoisotopic (exact) mass is 819 g/mol. The lowest BCUT2D eigenvalue weighted by atomic mass is 9.89. The molecule has 2 aromatic carbocycles. The van der Waals surface area contributed by atoms with E-state index in [0.29, 0.717) is 78.9 Å². The minimum atomic E-state index is -1.02. The number of nitrogen functional groups attached to an aromatic ring is 1. The molecule has 5 N–H and O–H groups in total. The summed E-state index contributed by atoms with van der Waals surface area (Å²) in [5, 5.41) is 18.4. The van der Waals surface area contributed by atoms with Gasteiger partial charge in [-0.15, -0.1) is 5.10 Å². The normalized spacial score (nSPS) is 17.9. The zero-order chi connectivity index (χ0) is 40.1. The molecular weight excluding hydrogens is 777 g/mol. The summed E-state index contributed by atoms with van der Waals surface area (Å²) in [6.45, 7) is 6.77. The predicted molar refractivity (Wildman–Crippen MR) is 212 cm³/mol. The summed E-state index contributed by atoms with van der Waals surface area (Å²) < 4.78 is 13.2. The van der Waals surface area contributed by atoms with Gasteiger partial charge in [0.05, 0.1) is 66.0 Å². The zero-order valence-corrected chi connectivity index (χ0v) is 32.8. The number of aromatic nitrogens is 5. The largest absolute Gasteiger partial charge is 0.382 e.